The number of nitrogens with two attached hydrogens (primary N) is 1. The van der Waals surface area contributed by atoms with E-state index in [2.05, 4.69) is 0 Å². The highest BCUT2D eigenvalue weighted by atomic mass is 16.1. The lowest BCUT2D eigenvalue weighted by Crippen LogP contribution is -2.40. The second-order valence-corrected chi connectivity index (χ2v) is 2.79. The number of hydrogen-bond donors (Lipinski definition) is 2. The summed E-state index contributed by atoms with van der Waals surface area (Å²) in [6.07, 6.45) is 2.91. The van der Waals surface area contributed by atoms with Gasteiger partial charge in [-0.1, -0.05) is 0 Å². The third-order valence-electron chi connectivity index (χ3n) is 1.82. The van der Waals surface area contributed by atoms with Crippen molar-refractivity contribution in [3.8, 4) is 0 Å². The van der Waals surface area contributed by atoms with E-state index in [9.17, 15) is 4.79 Å². The predicted molar refractivity (Wildman–Crippen MR) is 42.3 cm³/mol. The van der Waals surface area contributed by atoms with Crippen molar-refractivity contribution < 1.29 is 4.79 Å². The van der Waals surface area contributed by atoms with Crippen molar-refractivity contribution in [1.82, 2.24) is 4.90 Å². The van der Waals surface area contributed by atoms with Gasteiger partial charge in [-0.25, -0.2) is 0 Å². The Kier molecular flexibility index (Phi) is 2.46. The molecule has 0 aromatic rings. The maximum atomic E-state index is 10.5. The molecule has 0 unspecified atom stereocenters. The first kappa shape index (κ1) is 8.04. The van der Waals surface area contributed by atoms with Gasteiger partial charge in [0.15, 0.2) is 0 Å². The summed E-state index contributed by atoms with van der Waals surface area (Å²) < 4.78 is 0. The highest BCUT2D eigenvalue weighted by Gasteiger charge is 2.15. The first-order valence-electron chi connectivity index (χ1n) is 3.81. The number of carbonyl (C=O) groups excluding carboxylic acids is 1. The van der Waals surface area contributed by atoms with Crippen molar-refractivity contribution in [3.63, 3.8) is 0 Å². The van der Waals surface area contributed by atoms with E-state index in [-0.39, 0.29) is 12.5 Å². The highest BCUT2D eigenvalue weighted by Crippen LogP contribution is 2.09. The maximum Gasteiger partial charge on any atom is 0.236 e. The zero-order valence-electron chi connectivity index (χ0n) is 6.47. The number of piperidine rings is 1. The molecule has 0 saturated carbocycles. The monoisotopic (exact) mass is 155 g/mol. The molecule has 11 heavy (non-hydrogen) atoms. The van der Waals surface area contributed by atoms with Crippen LogP contribution in [0.2, 0.25) is 0 Å². The van der Waals surface area contributed by atoms with E-state index in [4.69, 9.17) is 11.1 Å². The Hall–Kier alpha value is -1.06. The quantitative estimate of drug-likeness (QED) is 0.586. The molecule has 0 aliphatic carbocycles. The van der Waals surface area contributed by atoms with E-state index in [1.165, 1.54) is 0 Å². The molecule has 3 N–H and O–H groups in total. The molecular formula is C7H13N3O. The van der Waals surface area contributed by atoms with Crippen molar-refractivity contribution in [1.29, 1.82) is 5.41 Å². The van der Waals surface area contributed by atoms with Gasteiger partial charge in [-0.15, -0.1) is 0 Å². The van der Waals surface area contributed by atoms with Crippen molar-refractivity contribution >= 4 is 11.7 Å². The molecule has 0 aromatic heterocycles. The normalized spacial score (nSPS) is 18.5. The molecule has 1 heterocycles. The lowest BCUT2D eigenvalue weighted by atomic mass is 10.1. The Morgan fingerprint density at radius 1 is 1.64 bits per heavy atom. The van der Waals surface area contributed by atoms with Crippen molar-refractivity contribution in [2.75, 3.05) is 13.1 Å². The molecule has 1 rings (SSSR count). The largest absolute Gasteiger partial charge is 0.368 e. The van der Waals surface area contributed by atoms with Crippen LogP contribution in [0.25, 0.3) is 0 Å². The van der Waals surface area contributed by atoms with Crippen molar-refractivity contribution in [3.05, 3.63) is 0 Å². The summed E-state index contributed by atoms with van der Waals surface area (Å²) in [6.45, 7) is 1.01. The van der Waals surface area contributed by atoms with Crippen LogP contribution in [0, 0.1) is 5.41 Å². The van der Waals surface area contributed by atoms with Crippen LogP contribution >= 0.6 is 0 Å². The molecule has 1 fully saturated rings. The summed E-state index contributed by atoms with van der Waals surface area (Å²) in [4.78, 5) is 12.2. The van der Waals surface area contributed by atoms with Gasteiger partial charge in [-0.2, -0.15) is 0 Å². The first-order valence-corrected chi connectivity index (χ1v) is 3.81. The van der Waals surface area contributed by atoms with Gasteiger partial charge in [0.1, 0.15) is 0 Å². The minimum absolute atomic E-state index is 0.207. The molecule has 1 saturated heterocycles. The van der Waals surface area contributed by atoms with Crippen LogP contribution in [0.15, 0.2) is 0 Å². The Morgan fingerprint density at radius 2 is 2.36 bits per heavy atom. The van der Waals surface area contributed by atoms with Gasteiger partial charge in [0.25, 0.3) is 0 Å². The van der Waals surface area contributed by atoms with Gasteiger partial charge in [0.05, 0.1) is 12.4 Å². The Morgan fingerprint density at radius 3 is 2.91 bits per heavy atom. The SMILES string of the molecule is N=C1CCCCN1CC(N)=O. The topological polar surface area (TPSA) is 70.2 Å². The highest BCUT2D eigenvalue weighted by molar-refractivity contribution is 5.85. The number of carbonyl (C=O) groups is 1. The number of likely N-dealkylation sites (tertiary alicyclic amines) is 1. The molecule has 62 valence electrons. The zero-order chi connectivity index (χ0) is 8.27. The minimum Gasteiger partial charge on any atom is -0.368 e. The van der Waals surface area contributed by atoms with Gasteiger partial charge in [0.2, 0.25) is 5.91 Å². The number of hydrogen-bond acceptors (Lipinski definition) is 2. The summed E-state index contributed by atoms with van der Waals surface area (Å²) in [5.74, 6) is 0.201. The van der Waals surface area contributed by atoms with E-state index in [1.54, 1.807) is 4.90 Å². The molecule has 0 bridgehead atoms. The first-order chi connectivity index (χ1) is 5.20. The number of amides is 1. The molecule has 1 amide bonds. The average molecular weight is 155 g/mol. The second kappa shape index (κ2) is 3.37. The molecule has 0 aromatic carbocycles. The van der Waals surface area contributed by atoms with Crippen LogP contribution in [0.3, 0.4) is 0 Å². The van der Waals surface area contributed by atoms with Gasteiger partial charge < -0.3 is 10.6 Å². The summed E-state index contributed by atoms with van der Waals surface area (Å²) >= 11 is 0. The van der Waals surface area contributed by atoms with Crippen LogP contribution in [0.5, 0.6) is 0 Å². The number of nitrogens with one attached hydrogen (secondary N) is 1. The van der Waals surface area contributed by atoms with Gasteiger partial charge in [-0.3, -0.25) is 10.2 Å². The summed E-state index contributed by atoms with van der Waals surface area (Å²) in [5, 5.41) is 7.46. The molecular weight excluding hydrogens is 142 g/mol. The number of nitrogens with zero attached hydrogens (tertiary/aromatic N) is 1. The summed E-state index contributed by atoms with van der Waals surface area (Å²) in [7, 11) is 0. The van der Waals surface area contributed by atoms with Crippen LogP contribution < -0.4 is 5.73 Å². The molecule has 4 heteroatoms. The van der Waals surface area contributed by atoms with Gasteiger partial charge >= 0.3 is 0 Å². The average Bonchev–Trinajstić information content (AvgIpc) is 1.93. The van der Waals surface area contributed by atoms with Crippen LogP contribution in [0.4, 0.5) is 0 Å². The lowest BCUT2D eigenvalue weighted by molar-refractivity contribution is -0.118. The summed E-state index contributed by atoms with van der Waals surface area (Å²) in [6, 6.07) is 0. The van der Waals surface area contributed by atoms with Crippen LogP contribution in [-0.4, -0.2) is 29.7 Å². The number of amidine groups is 1. The summed E-state index contributed by atoms with van der Waals surface area (Å²) in [5.41, 5.74) is 5.01. The number of primary amides is 1. The van der Waals surface area contributed by atoms with E-state index >= 15 is 0 Å². The van der Waals surface area contributed by atoms with Crippen molar-refractivity contribution in [2.45, 2.75) is 19.3 Å². The third-order valence-corrected chi connectivity index (χ3v) is 1.82. The van der Waals surface area contributed by atoms with E-state index in [1.807, 2.05) is 0 Å². The second-order valence-electron chi connectivity index (χ2n) is 2.79. The Bertz CT molecular complexity index is 179. The molecule has 1 aliphatic heterocycles. The fourth-order valence-electron chi connectivity index (χ4n) is 1.25. The third kappa shape index (κ3) is 2.22. The van der Waals surface area contributed by atoms with Gasteiger partial charge in [0, 0.05) is 13.0 Å². The molecule has 4 nitrogen and oxygen atoms in total. The van der Waals surface area contributed by atoms with Gasteiger partial charge in [-0.05, 0) is 12.8 Å². The fourth-order valence-corrected chi connectivity index (χ4v) is 1.25. The minimum atomic E-state index is -0.350. The molecule has 0 atom stereocenters. The van der Waals surface area contributed by atoms with Crippen LogP contribution in [-0.2, 0) is 4.79 Å². The predicted octanol–water partition coefficient (Wildman–Crippen LogP) is -0.0651. The van der Waals surface area contributed by atoms with E-state index < -0.39 is 0 Å². The smallest absolute Gasteiger partial charge is 0.236 e. The van der Waals surface area contributed by atoms with E-state index in [0.717, 1.165) is 25.8 Å². The molecule has 0 spiro atoms. The number of rotatable bonds is 2. The van der Waals surface area contributed by atoms with Crippen molar-refractivity contribution in [2.24, 2.45) is 5.73 Å². The van der Waals surface area contributed by atoms with E-state index in [0.29, 0.717) is 5.84 Å². The Labute approximate surface area is 65.9 Å². The lowest BCUT2D eigenvalue weighted by Gasteiger charge is -2.27. The maximum absolute atomic E-state index is 10.5. The molecule has 1 aliphatic rings. The van der Waals surface area contributed by atoms with Crippen LogP contribution in [0.1, 0.15) is 19.3 Å². The standard InChI is InChI=1S/C7H13N3O/c8-6-3-1-2-4-10(6)5-7(9)11/h8H,1-5H2,(H2,9,11). The fraction of sp³-hybridized carbons (Fsp3) is 0.714. The zero-order valence-corrected chi connectivity index (χ0v) is 6.47. The Balaban J connectivity index is 2.42. The molecule has 0 radical (unpaired) electrons.